The lowest BCUT2D eigenvalue weighted by Crippen LogP contribution is -2.14. The fourth-order valence-corrected chi connectivity index (χ4v) is 2.69. The van der Waals surface area contributed by atoms with Crippen molar-refractivity contribution in [2.24, 2.45) is 5.16 Å². The van der Waals surface area contributed by atoms with Crippen molar-refractivity contribution in [1.29, 1.82) is 0 Å². The van der Waals surface area contributed by atoms with E-state index in [0.29, 0.717) is 46.4 Å². The number of esters is 1. The zero-order chi connectivity index (χ0) is 22.2. The first-order chi connectivity index (χ1) is 15.0. The van der Waals surface area contributed by atoms with E-state index in [1.54, 1.807) is 43.3 Å². The number of hydrogen-bond acceptors (Lipinski definition) is 7. The standard InChI is InChI=1S/C23H23FN2O5/c1-4-12-29-25-20(14-28-21-6-5-7-22(15(21)2)30-16(3)27)23-13-19(26-31-23)17-8-10-18(24)11-9-17/h5-11,13H,4,12,14H2,1-3H3. The van der Waals surface area contributed by atoms with E-state index in [4.69, 9.17) is 18.8 Å². The van der Waals surface area contributed by atoms with E-state index in [2.05, 4.69) is 10.3 Å². The fraction of sp³-hybridized carbons (Fsp3) is 0.261. The molecule has 8 heteroatoms. The maximum atomic E-state index is 13.2. The predicted octanol–water partition coefficient (Wildman–Crippen LogP) is 4.92. The van der Waals surface area contributed by atoms with Crippen molar-refractivity contribution in [2.75, 3.05) is 13.2 Å². The molecule has 7 nitrogen and oxygen atoms in total. The van der Waals surface area contributed by atoms with Crippen LogP contribution in [0.1, 0.15) is 31.6 Å². The zero-order valence-corrected chi connectivity index (χ0v) is 17.6. The molecule has 2 aromatic carbocycles. The second kappa shape index (κ2) is 10.4. The van der Waals surface area contributed by atoms with Crippen LogP contribution in [0.15, 0.2) is 58.2 Å². The molecule has 1 heterocycles. The maximum Gasteiger partial charge on any atom is 0.308 e. The maximum absolute atomic E-state index is 13.2. The smallest absolute Gasteiger partial charge is 0.308 e. The third-order valence-electron chi connectivity index (χ3n) is 4.26. The molecule has 0 aliphatic carbocycles. The summed E-state index contributed by atoms with van der Waals surface area (Å²) >= 11 is 0. The largest absolute Gasteiger partial charge is 0.487 e. The Balaban J connectivity index is 1.80. The fourth-order valence-electron chi connectivity index (χ4n) is 2.69. The summed E-state index contributed by atoms with van der Waals surface area (Å²) in [4.78, 5) is 16.6. The second-order valence-corrected chi connectivity index (χ2v) is 6.72. The van der Waals surface area contributed by atoms with Crippen molar-refractivity contribution >= 4 is 11.7 Å². The highest BCUT2D eigenvalue weighted by atomic mass is 19.1. The van der Waals surface area contributed by atoms with E-state index in [0.717, 1.165) is 6.42 Å². The van der Waals surface area contributed by atoms with Gasteiger partial charge in [0.2, 0.25) is 0 Å². The van der Waals surface area contributed by atoms with Gasteiger partial charge in [-0.05, 0) is 49.7 Å². The van der Waals surface area contributed by atoms with Crippen LogP contribution < -0.4 is 9.47 Å². The van der Waals surface area contributed by atoms with Gasteiger partial charge in [-0.2, -0.15) is 0 Å². The number of carbonyl (C=O) groups is 1. The summed E-state index contributed by atoms with van der Waals surface area (Å²) in [5.41, 5.74) is 2.31. The monoisotopic (exact) mass is 426 g/mol. The van der Waals surface area contributed by atoms with E-state index in [-0.39, 0.29) is 12.4 Å². The molecule has 0 saturated heterocycles. The van der Waals surface area contributed by atoms with Crippen molar-refractivity contribution in [3.8, 4) is 22.8 Å². The Hall–Kier alpha value is -3.68. The van der Waals surface area contributed by atoms with Crippen LogP contribution in [-0.4, -0.2) is 30.1 Å². The van der Waals surface area contributed by atoms with Crippen molar-refractivity contribution in [3.63, 3.8) is 0 Å². The molecule has 0 N–H and O–H groups in total. The van der Waals surface area contributed by atoms with Gasteiger partial charge in [-0.3, -0.25) is 4.79 Å². The van der Waals surface area contributed by atoms with Gasteiger partial charge in [0, 0.05) is 24.1 Å². The van der Waals surface area contributed by atoms with Gasteiger partial charge < -0.3 is 18.8 Å². The zero-order valence-electron chi connectivity index (χ0n) is 17.6. The molecule has 0 aliphatic heterocycles. The Kier molecular flexibility index (Phi) is 7.37. The lowest BCUT2D eigenvalue weighted by atomic mass is 10.1. The molecule has 162 valence electrons. The molecule has 31 heavy (non-hydrogen) atoms. The lowest BCUT2D eigenvalue weighted by molar-refractivity contribution is -0.131. The van der Waals surface area contributed by atoms with Crippen LogP contribution in [0.4, 0.5) is 4.39 Å². The van der Waals surface area contributed by atoms with Crippen molar-refractivity contribution in [2.45, 2.75) is 27.2 Å². The summed E-state index contributed by atoms with van der Waals surface area (Å²) in [7, 11) is 0. The normalized spacial score (nSPS) is 11.3. The van der Waals surface area contributed by atoms with Crippen molar-refractivity contribution in [3.05, 3.63) is 65.7 Å². The van der Waals surface area contributed by atoms with Crippen LogP contribution >= 0.6 is 0 Å². The third kappa shape index (κ3) is 5.91. The van der Waals surface area contributed by atoms with Crippen LogP contribution in [0.2, 0.25) is 0 Å². The first kappa shape index (κ1) is 22.0. The molecular weight excluding hydrogens is 403 g/mol. The SMILES string of the molecule is CCCON=C(COc1cccc(OC(C)=O)c1C)c1cc(-c2ccc(F)cc2)no1. The summed E-state index contributed by atoms with van der Waals surface area (Å²) in [5, 5.41) is 8.17. The third-order valence-corrected chi connectivity index (χ3v) is 4.26. The van der Waals surface area contributed by atoms with Gasteiger partial charge in [0.05, 0.1) is 0 Å². The summed E-state index contributed by atoms with van der Waals surface area (Å²) < 4.78 is 29.7. The number of hydrogen-bond donors (Lipinski definition) is 0. The number of nitrogens with zero attached hydrogens (tertiary/aromatic N) is 2. The van der Waals surface area contributed by atoms with Crippen LogP contribution in [0.5, 0.6) is 11.5 Å². The minimum atomic E-state index is -0.412. The Morgan fingerprint density at radius 3 is 2.61 bits per heavy atom. The van der Waals surface area contributed by atoms with Gasteiger partial charge in [0.15, 0.2) is 11.5 Å². The molecule has 0 bridgehead atoms. The van der Waals surface area contributed by atoms with E-state index in [1.165, 1.54) is 19.1 Å². The number of oxime groups is 1. The Bertz CT molecular complexity index is 1060. The summed E-state index contributed by atoms with van der Waals surface area (Å²) in [5.74, 6) is 0.571. The van der Waals surface area contributed by atoms with Crippen LogP contribution in [0.25, 0.3) is 11.3 Å². The number of halogens is 1. The van der Waals surface area contributed by atoms with Gasteiger partial charge in [-0.15, -0.1) is 0 Å². The number of rotatable bonds is 9. The average molecular weight is 426 g/mol. The van der Waals surface area contributed by atoms with Gasteiger partial charge >= 0.3 is 5.97 Å². The highest BCUT2D eigenvalue weighted by molar-refractivity contribution is 5.99. The molecule has 3 rings (SSSR count). The number of aromatic nitrogens is 1. The number of benzene rings is 2. The van der Waals surface area contributed by atoms with Crippen LogP contribution in [0, 0.1) is 12.7 Å². The van der Waals surface area contributed by atoms with Gasteiger partial charge in [-0.25, -0.2) is 4.39 Å². The molecule has 0 atom stereocenters. The molecule has 0 unspecified atom stereocenters. The molecule has 0 aliphatic rings. The molecule has 0 saturated carbocycles. The molecule has 0 radical (unpaired) electrons. The van der Waals surface area contributed by atoms with Crippen molar-refractivity contribution < 1.29 is 28.0 Å². The average Bonchev–Trinajstić information content (AvgIpc) is 3.23. The first-order valence-electron chi connectivity index (χ1n) is 9.80. The Morgan fingerprint density at radius 1 is 1.16 bits per heavy atom. The topological polar surface area (TPSA) is 83.1 Å². The van der Waals surface area contributed by atoms with E-state index >= 15 is 0 Å². The Labute approximate surface area is 179 Å². The molecule has 0 fully saturated rings. The summed E-state index contributed by atoms with van der Waals surface area (Å²) in [6.45, 7) is 5.57. The lowest BCUT2D eigenvalue weighted by Gasteiger charge is -2.12. The van der Waals surface area contributed by atoms with Gasteiger partial charge in [0.1, 0.15) is 36.2 Å². The highest BCUT2D eigenvalue weighted by Gasteiger charge is 2.16. The van der Waals surface area contributed by atoms with Crippen LogP contribution in [-0.2, 0) is 9.63 Å². The first-order valence-corrected chi connectivity index (χ1v) is 9.80. The van der Waals surface area contributed by atoms with Gasteiger partial charge in [0.25, 0.3) is 0 Å². The molecule has 1 aromatic heterocycles. The number of carbonyl (C=O) groups excluding carboxylic acids is 1. The Morgan fingerprint density at radius 2 is 1.90 bits per heavy atom. The summed E-state index contributed by atoms with van der Waals surface area (Å²) in [6.07, 6.45) is 0.790. The molecular formula is C23H23FN2O5. The van der Waals surface area contributed by atoms with Crippen molar-refractivity contribution in [1.82, 2.24) is 5.16 Å². The predicted molar refractivity (Wildman–Crippen MR) is 113 cm³/mol. The minimum absolute atomic E-state index is 0.0339. The van der Waals surface area contributed by atoms with E-state index in [9.17, 15) is 9.18 Å². The second-order valence-electron chi connectivity index (χ2n) is 6.72. The summed E-state index contributed by atoms with van der Waals surface area (Å²) in [6, 6.07) is 12.8. The molecule has 3 aromatic rings. The molecule has 0 amide bonds. The number of ether oxygens (including phenoxy) is 2. The van der Waals surface area contributed by atoms with E-state index < -0.39 is 5.97 Å². The quantitative estimate of drug-likeness (QED) is 0.159. The van der Waals surface area contributed by atoms with E-state index in [1.807, 2.05) is 6.92 Å². The van der Waals surface area contributed by atoms with Gasteiger partial charge in [-0.1, -0.05) is 23.3 Å². The minimum Gasteiger partial charge on any atom is -0.487 e. The highest BCUT2D eigenvalue weighted by Crippen LogP contribution is 2.28. The molecule has 0 spiro atoms. The van der Waals surface area contributed by atoms with Crippen LogP contribution in [0.3, 0.4) is 0 Å².